The SMILES string of the molecule is O=C(Cn1cc(CN2CCOCC2)nn1)NCc1ccc(-c2ccc(Br)cc2)o1. The van der Waals surface area contributed by atoms with Crippen LogP contribution in [0.15, 0.2) is 51.5 Å². The van der Waals surface area contributed by atoms with Gasteiger partial charge in [-0.2, -0.15) is 0 Å². The molecule has 29 heavy (non-hydrogen) atoms. The second kappa shape index (κ2) is 9.34. The Morgan fingerprint density at radius 1 is 1.14 bits per heavy atom. The van der Waals surface area contributed by atoms with Crippen LogP contribution in [0, 0.1) is 0 Å². The lowest BCUT2D eigenvalue weighted by molar-refractivity contribution is -0.122. The minimum atomic E-state index is -0.144. The van der Waals surface area contributed by atoms with Gasteiger partial charge in [-0.3, -0.25) is 9.69 Å². The van der Waals surface area contributed by atoms with Crippen molar-refractivity contribution in [2.24, 2.45) is 0 Å². The molecule has 2 aromatic heterocycles. The van der Waals surface area contributed by atoms with E-state index in [0.717, 1.165) is 54.3 Å². The molecule has 1 saturated heterocycles. The fourth-order valence-electron chi connectivity index (χ4n) is 3.11. The van der Waals surface area contributed by atoms with E-state index in [1.54, 1.807) is 4.68 Å². The molecule has 0 bridgehead atoms. The van der Waals surface area contributed by atoms with E-state index in [-0.39, 0.29) is 12.5 Å². The zero-order valence-electron chi connectivity index (χ0n) is 15.9. The molecule has 0 radical (unpaired) electrons. The Morgan fingerprint density at radius 3 is 2.72 bits per heavy atom. The molecular formula is C20H22BrN5O3. The number of halogens is 1. The normalized spacial score (nSPS) is 14.8. The van der Waals surface area contributed by atoms with Crippen molar-refractivity contribution in [3.05, 3.63) is 58.5 Å². The summed E-state index contributed by atoms with van der Waals surface area (Å²) in [5.41, 5.74) is 1.84. The molecule has 1 fully saturated rings. The number of morpholine rings is 1. The number of hydrogen-bond acceptors (Lipinski definition) is 6. The van der Waals surface area contributed by atoms with E-state index in [4.69, 9.17) is 9.15 Å². The van der Waals surface area contributed by atoms with E-state index in [2.05, 4.69) is 36.5 Å². The number of benzene rings is 1. The Bertz CT molecular complexity index is 947. The third-order valence-corrected chi connectivity index (χ3v) is 5.16. The highest BCUT2D eigenvalue weighted by Gasteiger charge is 2.13. The Kier molecular flexibility index (Phi) is 6.38. The van der Waals surface area contributed by atoms with E-state index in [1.807, 2.05) is 42.6 Å². The average molecular weight is 460 g/mol. The molecule has 8 nitrogen and oxygen atoms in total. The van der Waals surface area contributed by atoms with Crippen molar-refractivity contribution in [1.82, 2.24) is 25.2 Å². The number of rotatable bonds is 7. The highest BCUT2D eigenvalue weighted by Crippen LogP contribution is 2.23. The first kappa shape index (κ1) is 19.8. The van der Waals surface area contributed by atoms with Gasteiger partial charge in [0.25, 0.3) is 0 Å². The predicted molar refractivity (Wildman–Crippen MR) is 110 cm³/mol. The molecule has 0 spiro atoms. The molecule has 1 aromatic carbocycles. The largest absolute Gasteiger partial charge is 0.459 e. The second-order valence-electron chi connectivity index (χ2n) is 6.85. The summed E-state index contributed by atoms with van der Waals surface area (Å²) in [5.74, 6) is 1.32. The summed E-state index contributed by atoms with van der Waals surface area (Å²) < 4.78 is 13.7. The minimum Gasteiger partial charge on any atom is -0.459 e. The van der Waals surface area contributed by atoms with Gasteiger partial charge in [-0.25, -0.2) is 4.68 Å². The summed E-state index contributed by atoms with van der Waals surface area (Å²) in [6.45, 7) is 4.43. The number of amides is 1. The van der Waals surface area contributed by atoms with Crippen molar-refractivity contribution >= 4 is 21.8 Å². The van der Waals surface area contributed by atoms with Crippen LogP contribution >= 0.6 is 15.9 Å². The first-order valence-corrected chi connectivity index (χ1v) is 10.3. The summed E-state index contributed by atoms with van der Waals surface area (Å²) >= 11 is 3.42. The minimum absolute atomic E-state index is 0.121. The summed E-state index contributed by atoms with van der Waals surface area (Å²) in [7, 11) is 0. The average Bonchev–Trinajstić information content (AvgIpc) is 3.37. The first-order chi connectivity index (χ1) is 14.2. The molecule has 0 unspecified atom stereocenters. The van der Waals surface area contributed by atoms with Gasteiger partial charge in [-0.1, -0.05) is 33.3 Å². The van der Waals surface area contributed by atoms with Crippen molar-refractivity contribution in [1.29, 1.82) is 0 Å². The Hall–Kier alpha value is -2.49. The number of nitrogens with zero attached hydrogens (tertiary/aromatic N) is 4. The van der Waals surface area contributed by atoms with Crippen LogP contribution in [0.25, 0.3) is 11.3 Å². The molecule has 0 saturated carbocycles. The first-order valence-electron chi connectivity index (χ1n) is 9.46. The van der Waals surface area contributed by atoms with Gasteiger partial charge >= 0.3 is 0 Å². The molecule has 9 heteroatoms. The molecule has 0 aliphatic carbocycles. The third kappa shape index (κ3) is 5.53. The molecule has 3 heterocycles. The molecule has 1 N–H and O–H groups in total. The van der Waals surface area contributed by atoms with Crippen molar-refractivity contribution in [3.8, 4) is 11.3 Å². The van der Waals surface area contributed by atoms with Gasteiger partial charge in [0, 0.05) is 29.7 Å². The van der Waals surface area contributed by atoms with Crippen LogP contribution in [0.3, 0.4) is 0 Å². The van der Waals surface area contributed by atoms with Crippen molar-refractivity contribution in [2.75, 3.05) is 26.3 Å². The molecule has 0 atom stereocenters. The molecule has 1 amide bonds. The van der Waals surface area contributed by atoms with E-state index in [1.165, 1.54) is 0 Å². The standard InChI is InChI=1S/C20H22BrN5O3/c21-16-3-1-15(2-4-16)19-6-5-18(29-19)11-22-20(27)14-26-13-17(23-24-26)12-25-7-9-28-10-8-25/h1-6,13H,7-12,14H2,(H,22,27). The Balaban J connectivity index is 1.25. The van der Waals surface area contributed by atoms with Crippen LogP contribution in [0.4, 0.5) is 0 Å². The maximum Gasteiger partial charge on any atom is 0.242 e. The van der Waals surface area contributed by atoms with Crippen LogP contribution in [0.1, 0.15) is 11.5 Å². The fraction of sp³-hybridized carbons (Fsp3) is 0.350. The van der Waals surface area contributed by atoms with Crippen LogP contribution < -0.4 is 5.32 Å². The van der Waals surface area contributed by atoms with Gasteiger partial charge in [0.1, 0.15) is 18.1 Å². The van der Waals surface area contributed by atoms with Crippen LogP contribution in [-0.2, 0) is 29.2 Å². The molecule has 1 aliphatic heterocycles. The molecule has 152 valence electrons. The number of nitrogens with one attached hydrogen (secondary N) is 1. The molecule has 3 aromatic rings. The maximum absolute atomic E-state index is 12.2. The maximum atomic E-state index is 12.2. The number of furan rings is 1. The molecule has 4 rings (SSSR count). The lowest BCUT2D eigenvalue weighted by Gasteiger charge is -2.25. The van der Waals surface area contributed by atoms with Gasteiger partial charge in [0.2, 0.25) is 5.91 Å². The van der Waals surface area contributed by atoms with E-state index in [0.29, 0.717) is 12.3 Å². The fourth-order valence-corrected chi connectivity index (χ4v) is 3.37. The van der Waals surface area contributed by atoms with Crippen molar-refractivity contribution in [3.63, 3.8) is 0 Å². The van der Waals surface area contributed by atoms with Crippen molar-refractivity contribution < 1.29 is 13.9 Å². The smallest absolute Gasteiger partial charge is 0.242 e. The lowest BCUT2D eigenvalue weighted by Crippen LogP contribution is -2.35. The summed E-state index contributed by atoms with van der Waals surface area (Å²) in [6.07, 6.45) is 1.81. The van der Waals surface area contributed by atoms with Gasteiger partial charge < -0.3 is 14.5 Å². The van der Waals surface area contributed by atoms with E-state index >= 15 is 0 Å². The zero-order valence-corrected chi connectivity index (χ0v) is 17.5. The molecular weight excluding hydrogens is 438 g/mol. The quantitative estimate of drug-likeness (QED) is 0.583. The number of hydrogen-bond donors (Lipinski definition) is 1. The van der Waals surface area contributed by atoms with Gasteiger partial charge in [0.15, 0.2) is 0 Å². The topological polar surface area (TPSA) is 85.4 Å². The highest BCUT2D eigenvalue weighted by atomic mass is 79.9. The number of ether oxygens (including phenoxy) is 1. The second-order valence-corrected chi connectivity index (χ2v) is 7.76. The van der Waals surface area contributed by atoms with Gasteiger partial charge in [-0.05, 0) is 24.3 Å². The van der Waals surface area contributed by atoms with Crippen LogP contribution in [0.2, 0.25) is 0 Å². The van der Waals surface area contributed by atoms with E-state index in [9.17, 15) is 4.79 Å². The van der Waals surface area contributed by atoms with Crippen LogP contribution in [-0.4, -0.2) is 52.1 Å². The Morgan fingerprint density at radius 2 is 1.93 bits per heavy atom. The molecule has 1 aliphatic rings. The zero-order chi connectivity index (χ0) is 20.1. The summed E-state index contributed by atoms with van der Waals surface area (Å²) in [4.78, 5) is 14.5. The number of carbonyl (C=O) groups excluding carboxylic acids is 1. The Labute approximate surface area is 177 Å². The summed E-state index contributed by atoms with van der Waals surface area (Å²) in [6, 6.07) is 11.7. The van der Waals surface area contributed by atoms with Crippen LogP contribution in [0.5, 0.6) is 0 Å². The third-order valence-electron chi connectivity index (χ3n) is 4.63. The number of carbonyl (C=O) groups is 1. The van der Waals surface area contributed by atoms with Crippen molar-refractivity contribution in [2.45, 2.75) is 19.6 Å². The summed E-state index contributed by atoms with van der Waals surface area (Å²) in [5, 5.41) is 11.1. The van der Waals surface area contributed by atoms with Gasteiger partial charge in [0.05, 0.1) is 31.6 Å². The predicted octanol–water partition coefficient (Wildman–Crippen LogP) is 2.45. The monoisotopic (exact) mass is 459 g/mol. The van der Waals surface area contributed by atoms with E-state index < -0.39 is 0 Å². The van der Waals surface area contributed by atoms with Gasteiger partial charge in [-0.15, -0.1) is 5.10 Å². The number of aromatic nitrogens is 3. The highest BCUT2D eigenvalue weighted by molar-refractivity contribution is 9.10. The lowest BCUT2D eigenvalue weighted by atomic mass is 10.2.